The molecule has 2 fully saturated rings. The van der Waals surface area contributed by atoms with Crippen LogP contribution in [0, 0.1) is 11.8 Å². The lowest BCUT2D eigenvalue weighted by Gasteiger charge is -2.33. The predicted molar refractivity (Wildman–Crippen MR) is 98.1 cm³/mol. The number of carbonyl (C=O) groups excluding carboxylic acids is 1. The molecule has 3 aliphatic heterocycles. The predicted octanol–water partition coefficient (Wildman–Crippen LogP) is 2.40. The molecular weight excluding hydrogens is 346 g/mol. The zero-order valence-electron chi connectivity index (χ0n) is 15.4. The summed E-state index contributed by atoms with van der Waals surface area (Å²) in [6, 6.07) is 7.27. The van der Waals surface area contributed by atoms with Crippen LogP contribution in [0.1, 0.15) is 18.9 Å². The molecule has 2 bridgehead atoms. The Morgan fingerprint density at radius 1 is 1.37 bits per heavy atom. The monoisotopic (exact) mass is 369 g/mol. The summed E-state index contributed by atoms with van der Waals surface area (Å²) in [5.41, 5.74) is 1.01. The highest BCUT2D eigenvalue weighted by molar-refractivity contribution is 5.91. The van der Waals surface area contributed by atoms with Crippen molar-refractivity contribution in [2.24, 2.45) is 11.8 Å². The third kappa shape index (κ3) is 2.58. The van der Waals surface area contributed by atoms with Gasteiger partial charge in [-0.1, -0.05) is 29.9 Å². The van der Waals surface area contributed by atoms with E-state index in [1.165, 1.54) is 0 Å². The molecule has 1 spiro atoms. The van der Waals surface area contributed by atoms with Gasteiger partial charge in [-0.2, -0.15) is 0 Å². The van der Waals surface area contributed by atoms with Gasteiger partial charge in [0, 0.05) is 6.54 Å². The highest BCUT2D eigenvalue weighted by Gasteiger charge is 2.70. The van der Waals surface area contributed by atoms with Crippen molar-refractivity contribution in [3.05, 3.63) is 54.1 Å². The number of carbonyl (C=O) groups is 2. The second-order valence-electron chi connectivity index (χ2n) is 7.63. The van der Waals surface area contributed by atoms with Crippen molar-refractivity contribution in [2.75, 3.05) is 7.11 Å². The number of amides is 1. The number of carboxylic acids is 1. The van der Waals surface area contributed by atoms with E-state index in [0.717, 1.165) is 16.9 Å². The fourth-order valence-corrected chi connectivity index (χ4v) is 4.72. The standard InChI is InChI=1S/C21H23NO5/c1-12(2)10-16-21-9-8-15(27-21)17(20(24)25)18(21)19(23)22(16)11-13-4-6-14(26-3)7-5-13/h4-9,15-18H,1,10-11H2,2-3H3,(H,24,25). The maximum Gasteiger partial charge on any atom is 0.310 e. The molecule has 2 saturated heterocycles. The van der Waals surface area contributed by atoms with Crippen molar-refractivity contribution in [2.45, 2.75) is 37.6 Å². The molecule has 0 radical (unpaired) electrons. The van der Waals surface area contributed by atoms with Crippen LogP contribution in [0.5, 0.6) is 5.75 Å². The van der Waals surface area contributed by atoms with Gasteiger partial charge >= 0.3 is 5.97 Å². The quantitative estimate of drug-likeness (QED) is 0.780. The van der Waals surface area contributed by atoms with Crippen LogP contribution >= 0.6 is 0 Å². The number of rotatable bonds is 6. The molecule has 5 atom stereocenters. The smallest absolute Gasteiger partial charge is 0.310 e. The van der Waals surface area contributed by atoms with Gasteiger partial charge in [-0.25, -0.2) is 0 Å². The highest BCUT2D eigenvalue weighted by atomic mass is 16.5. The Balaban J connectivity index is 1.70. The third-order valence-corrected chi connectivity index (χ3v) is 5.87. The first-order valence-corrected chi connectivity index (χ1v) is 9.05. The molecule has 6 heteroatoms. The molecule has 27 heavy (non-hydrogen) atoms. The third-order valence-electron chi connectivity index (χ3n) is 5.87. The van der Waals surface area contributed by atoms with Crippen molar-refractivity contribution < 1.29 is 24.2 Å². The number of hydrogen-bond acceptors (Lipinski definition) is 4. The summed E-state index contributed by atoms with van der Waals surface area (Å²) in [6.07, 6.45) is 3.74. The average molecular weight is 369 g/mol. The minimum atomic E-state index is -0.982. The van der Waals surface area contributed by atoms with Crippen LogP contribution in [0.4, 0.5) is 0 Å². The Bertz CT molecular complexity index is 829. The summed E-state index contributed by atoms with van der Waals surface area (Å²) in [4.78, 5) is 26.9. The fourth-order valence-electron chi connectivity index (χ4n) is 4.72. The van der Waals surface area contributed by atoms with Gasteiger partial charge in [-0.05, 0) is 31.0 Å². The number of methoxy groups -OCH3 is 1. The lowest BCUT2D eigenvalue weighted by atomic mass is 9.74. The van der Waals surface area contributed by atoms with E-state index in [1.54, 1.807) is 18.1 Å². The first-order chi connectivity index (χ1) is 12.9. The minimum absolute atomic E-state index is 0.156. The van der Waals surface area contributed by atoms with Crippen LogP contribution in [-0.4, -0.2) is 46.7 Å². The lowest BCUT2D eigenvalue weighted by Crippen LogP contribution is -2.45. The van der Waals surface area contributed by atoms with Crippen LogP contribution in [0.15, 0.2) is 48.6 Å². The van der Waals surface area contributed by atoms with Gasteiger partial charge < -0.3 is 19.5 Å². The van der Waals surface area contributed by atoms with E-state index in [9.17, 15) is 14.7 Å². The van der Waals surface area contributed by atoms with Crippen LogP contribution < -0.4 is 4.74 Å². The molecule has 1 aromatic rings. The number of carboxylic acid groups (broad SMARTS) is 1. The van der Waals surface area contributed by atoms with Crippen LogP contribution in [0.2, 0.25) is 0 Å². The van der Waals surface area contributed by atoms with E-state index in [0.29, 0.717) is 13.0 Å². The SMILES string of the molecule is C=C(C)CC1N(Cc2ccc(OC)cc2)C(=O)C2C(C(=O)O)C3C=CC21O3. The molecule has 142 valence electrons. The molecule has 4 rings (SSSR count). The number of fused-ring (bicyclic) bond motifs is 1. The Morgan fingerprint density at radius 2 is 2.07 bits per heavy atom. The molecule has 1 aromatic carbocycles. The Morgan fingerprint density at radius 3 is 2.67 bits per heavy atom. The van der Waals surface area contributed by atoms with Gasteiger partial charge in [-0.3, -0.25) is 9.59 Å². The van der Waals surface area contributed by atoms with E-state index in [4.69, 9.17) is 9.47 Å². The molecule has 1 amide bonds. The summed E-state index contributed by atoms with van der Waals surface area (Å²) in [5, 5.41) is 9.68. The van der Waals surface area contributed by atoms with Crippen molar-refractivity contribution in [1.82, 2.24) is 4.90 Å². The molecule has 1 N–H and O–H groups in total. The molecule has 0 aromatic heterocycles. The minimum Gasteiger partial charge on any atom is -0.497 e. The summed E-state index contributed by atoms with van der Waals surface area (Å²) >= 11 is 0. The number of ether oxygens (including phenoxy) is 2. The number of benzene rings is 1. The summed E-state index contributed by atoms with van der Waals surface area (Å²) in [6.45, 7) is 6.32. The molecular formula is C21H23NO5. The summed E-state index contributed by atoms with van der Waals surface area (Å²) in [5.74, 6) is -1.92. The van der Waals surface area contributed by atoms with Crippen molar-refractivity contribution in [1.29, 1.82) is 0 Å². The number of hydrogen-bond donors (Lipinski definition) is 1. The zero-order chi connectivity index (χ0) is 19.3. The topological polar surface area (TPSA) is 76.1 Å². The van der Waals surface area contributed by atoms with Gasteiger partial charge in [0.05, 0.1) is 25.2 Å². The Hall–Kier alpha value is -2.60. The van der Waals surface area contributed by atoms with Crippen LogP contribution in [-0.2, 0) is 20.9 Å². The van der Waals surface area contributed by atoms with E-state index in [-0.39, 0.29) is 11.9 Å². The summed E-state index contributed by atoms with van der Waals surface area (Å²) < 4.78 is 11.3. The molecule has 0 aliphatic carbocycles. The van der Waals surface area contributed by atoms with Gasteiger partial charge in [-0.15, -0.1) is 6.58 Å². The fraction of sp³-hybridized carbons (Fsp3) is 0.429. The summed E-state index contributed by atoms with van der Waals surface area (Å²) in [7, 11) is 1.61. The lowest BCUT2D eigenvalue weighted by molar-refractivity contribution is -0.148. The van der Waals surface area contributed by atoms with Gasteiger partial charge in [0.15, 0.2) is 0 Å². The largest absolute Gasteiger partial charge is 0.497 e. The number of aliphatic carboxylic acids is 1. The van der Waals surface area contributed by atoms with Gasteiger partial charge in [0.25, 0.3) is 0 Å². The second-order valence-corrected chi connectivity index (χ2v) is 7.63. The maximum atomic E-state index is 13.3. The molecule has 3 aliphatic rings. The van der Waals surface area contributed by atoms with Crippen LogP contribution in [0.25, 0.3) is 0 Å². The van der Waals surface area contributed by atoms with Crippen molar-refractivity contribution in [3.8, 4) is 5.75 Å². The van der Waals surface area contributed by atoms with E-state index < -0.39 is 29.5 Å². The normalized spacial score (nSPS) is 33.4. The van der Waals surface area contributed by atoms with E-state index in [2.05, 4.69) is 6.58 Å². The Kier molecular flexibility index (Phi) is 4.11. The van der Waals surface area contributed by atoms with Gasteiger partial charge in [0.2, 0.25) is 5.91 Å². The molecule has 5 unspecified atom stereocenters. The zero-order valence-corrected chi connectivity index (χ0v) is 15.4. The van der Waals surface area contributed by atoms with Gasteiger partial charge in [0.1, 0.15) is 17.3 Å². The number of nitrogens with zero attached hydrogens (tertiary/aromatic N) is 1. The average Bonchev–Trinajstić information content (AvgIpc) is 3.27. The maximum absolute atomic E-state index is 13.3. The van der Waals surface area contributed by atoms with Crippen molar-refractivity contribution in [3.63, 3.8) is 0 Å². The molecule has 0 saturated carbocycles. The molecule has 6 nitrogen and oxygen atoms in total. The second kappa shape index (κ2) is 6.23. The van der Waals surface area contributed by atoms with E-state index >= 15 is 0 Å². The molecule has 3 heterocycles. The Labute approximate surface area is 158 Å². The first-order valence-electron chi connectivity index (χ1n) is 9.05. The van der Waals surface area contributed by atoms with Crippen LogP contribution in [0.3, 0.4) is 0 Å². The van der Waals surface area contributed by atoms with E-state index in [1.807, 2.05) is 37.3 Å². The first kappa shape index (κ1) is 17.8. The van der Waals surface area contributed by atoms with Crippen molar-refractivity contribution >= 4 is 11.9 Å². The number of likely N-dealkylation sites (tertiary alicyclic amines) is 1. The highest BCUT2D eigenvalue weighted by Crippen LogP contribution is 2.56.